The van der Waals surface area contributed by atoms with Gasteiger partial charge in [0, 0.05) is 5.69 Å². The number of benzene rings is 3. The van der Waals surface area contributed by atoms with E-state index in [0.29, 0.717) is 21.3 Å². The summed E-state index contributed by atoms with van der Waals surface area (Å²) in [4.78, 5) is 12.4. The lowest BCUT2D eigenvalue weighted by Gasteiger charge is -2.12. The van der Waals surface area contributed by atoms with Gasteiger partial charge in [0.15, 0.2) is 5.75 Å². The molecule has 31 heavy (non-hydrogen) atoms. The van der Waals surface area contributed by atoms with Crippen molar-refractivity contribution in [3.63, 3.8) is 0 Å². The van der Waals surface area contributed by atoms with Crippen LogP contribution in [-0.4, -0.2) is 5.91 Å². The van der Waals surface area contributed by atoms with Crippen LogP contribution in [0.2, 0.25) is 20.1 Å². The van der Waals surface area contributed by atoms with Crippen LogP contribution in [0, 0.1) is 11.3 Å². The molecule has 0 aliphatic rings. The molecule has 3 aromatic carbocycles. The van der Waals surface area contributed by atoms with Crippen LogP contribution in [0.15, 0.2) is 66.2 Å². The highest BCUT2D eigenvalue weighted by molar-refractivity contribution is 6.42. The zero-order valence-electron chi connectivity index (χ0n) is 15.8. The number of halogens is 4. The summed E-state index contributed by atoms with van der Waals surface area (Å²) in [6.45, 7) is 0.175. The number of carbonyl (C=O) groups is 1. The molecule has 0 bridgehead atoms. The monoisotopic (exact) mass is 490 g/mol. The third kappa shape index (κ3) is 6.16. The summed E-state index contributed by atoms with van der Waals surface area (Å²) in [7, 11) is 0. The third-order valence-electron chi connectivity index (χ3n) is 4.10. The largest absolute Gasteiger partial charge is 0.486 e. The normalized spacial score (nSPS) is 11.0. The summed E-state index contributed by atoms with van der Waals surface area (Å²) in [5, 5.41) is 13.4. The molecule has 0 spiro atoms. The van der Waals surface area contributed by atoms with Crippen LogP contribution in [0.4, 0.5) is 5.69 Å². The molecule has 0 saturated heterocycles. The Morgan fingerprint density at radius 2 is 1.61 bits per heavy atom. The van der Waals surface area contributed by atoms with E-state index in [2.05, 4.69) is 5.32 Å². The van der Waals surface area contributed by atoms with E-state index in [1.807, 2.05) is 12.1 Å². The maximum atomic E-state index is 12.4. The highest BCUT2D eigenvalue weighted by Gasteiger charge is 2.13. The van der Waals surface area contributed by atoms with Crippen molar-refractivity contribution in [1.29, 1.82) is 5.26 Å². The van der Waals surface area contributed by atoms with Gasteiger partial charge in [0.2, 0.25) is 0 Å². The van der Waals surface area contributed by atoms with E-state index in [9.17, 15) is 10.1 Å². The molecule has 156 valence electrons. The number of rotatable bonds is 6. The predicted molar refractivity (Wildman–Crippen MR) is 126 cm³/mol. The summed E-state index contributed by atoms with van der Waals surface area (Å²) < 4.78 is 5.73. The second-order valence-corrected chi connectivity index (χ2v) is 7.97. The summed E-state index contributed by atoms with van der Waals surface area (Å²) in [5.74, 6) is -0.264. The van der Waals surface area contributed by atoms with E-state index in [1.54, 1.807) is 54.6 Å². The zero-order chi connectivity index (χ0) is 22.4. The van der Waals surface area contributed by atoms with Gasteiger partial charge >= 0.3 is 0 Å². The second-order valence-electron chi connectivity index (χ2n) is 6.34. The molecule has 0 unspecified atom stereocenters. The number of para-hydroxylation sites is 1. The maximum absolute atomic E-state index is 12.4. The van der Waals surface area contributed by atoms with Gasteiger partial charge in [0.1, 0.15) is 18.2 Å². The van der Waals surface area contributed by atoms with Gasteiger partial charge in [-0.3, -0.25) is 4.79 Å². The van der Waals surface area contributed by atoms with Crippen molar-refractivity contribution < 1.29 is 9.53 Å². The summed E-state index contributed by atoms with van der Waals surface area (Å²) >= 11 is 24.6. The van der Waals surface area contributed by atoms with Crippen LogP contribution in [0.25, 0.3) is 6.08 Å². The topological polar surface area (TPSA) is 62.1 Å². The third-order valence-corrected chi connectivity index (χ3v) is 5.40. The summed E-state index contributed by atoms with van der Waals surface area (Å²) in [6, 6.07) is 19.0. The molecule has 0 radical (unpaired) electrons. The Hall–Kier alpha value is -2.68. The van der Waals surface area contributed by atoms with Crippen molar-refractivity contribution in [3.05, 3.63) is 97.5 Å². The second kappa shape index (κ2) is 10.6. The predicted octanol–water partition coefficient (Wildman–Crippen LogP) is 7.42. The van der Waals surface area contributed by atoms with Crippen LogP contribution in [-0.2, 0) is 11.4 Å². The molecule has 0 fully saturated rings. The zero-order valence-corrected chi connectivity index (χ0v) is 18.9. The van der Waals surface area contributed by atoms with Gasteiger partial charge in [-0.2, -0.15) is 5.26 Å². The Morgan fingerprint density at radius 3 is 2.23 bits per heavy atom. The lowest BCUT2D eigenvalue weighted by atomic mass is 10.1. The minimum absolute atomic E-state index is 0.0968. The van der Waals surface area contributed by atoms with Crippen molar-refractivity contribution in [2.75, 3.05) is 5.32 Å². The Labute approximate surface area is 199 Å². The van der Waals surface area contributed by atoms with E-state index in [-0.39, 0.29) is 28.0 Å². The van der Waals surface area contributed by atoms with Gasteiger partial charge < -0.3 is 10.1 Å². The van der Waals surface area contributed by atoms with Crippen LogP contribution in [0.3, 0.4) is 0 Å². The lowest BCUT2D eigenvalue weighted by Crippen LogP contribution is -2.13. The number of nitriles is 1. The molecule has 1 amide bonds. The average Bonchev–Trinajstić information content (AvgIpc) is 2.74. The van der Waals surface area contributed by atoms with Crippen molar-refractivity contribution in [1.82, 2.24) is 0 Å². The van der Waals surface area contributed by atoms with Crippen molar-refractivity contribution in [2.45, 2.75) is 6.61 Å². The minimum atomic E-state index is -0.541. The first-order valence-electron chi connectivity index (χ1n) is 8.91. The molecule has 3 aromatic rings. The van der Waals surface area contributed by atoms with Gasteiger partial charge in [-0.1, -0.05) is 70.7 Å². The number of anilines is 1. The molecule has 0 atom stereocenters. The number of hydrogen-bond donors (Lipinski definition) is 1. The van der Waals surface area contributed by atoms with Crippen LogP contribution < -0.4 is 10.1 Å². The smallest absolute Gasteiger partial charge is 0.266 e. The first kappa shape index (κ1) is 23.0. The molecule has 0 aliphatic carbocycles. The van der Waals surface area contributed by atoms with Gasteiger partial charge in [0.25, 0.3) is 5.91 Å². The molecule has 0 aromatic heterocycles. The van der Waals surface area contributed by atoms with Crippen molar-refractivity contribution in [2.24, 2.45) is 0 Å². The fraction of sp³-hybridized carbons (Fsp3) is 0.0435. The van der Waals surface area contributed by atoms with Gasteiger partial charge in [-0.05, 0) is 53.6 Å². The summed E-state index contributed by atoms with van der Waals surface area (Å²) in [6.07, 6.45) is 1.40. The Morgan fingerprint density at radius 1 is 0.935 bits per heavy atom. The molecule has 0 heterocycles. The molecular formula is C23H14Cl4N2O2. The molecule has 1 N–H and O–H groups in total. The molecule has 0 saturated carbocycles. The molecule has 3 rings (SSSR count). The average molecular weight is 492 g/mol. The Kier molecular flexibility index (Phi) is 7.84. The van der Waals surface area contributed by atoms with Crippen LogP contribution in [0.5, 0.6) is 5.75 Å². The highest BCUT2D eigenvalue weighted by Crippen LogP contribution is 2.36. The highest BCUT2D eigenvalue weighted by atomic mass is 35.5. The van der Waals surface area contributed by atoms with E-state index in [0.717, 1.165) is 5.56 Å². The quantitative estimate of drug-likeness (QED) is 0.288. The van der Waals surface area contributed by atoms with Gasteiger partial charge in [0.05, 0.1) is 20.1 Å². The van der Waals surface area contributed by atoms with E-state index >= 15 is 0 Å². The number of ether oxygens (including phenoxy) is 1. The number of carbonyl (C=O) groups excluding carboxylic acids is 1. The minimum Gasteiger partial charge on any atom is -0.486 e. The number of amides is 1. The molecular weight excluding hydrogens is 478 g/mol. The first-order valence-corrected chi connectivity index (χ1v) is 10.4. The Balaban J connectivity index is 1.77. The van der Waals surface area contributed by atoms with E-state index < -0.39 is 5.91 Å². The molecule has 0 aliphatic heterocycles. The van der Waals surface area contributed by atoms with Crippen molar-refractivity contribution >= 4 is 64.1 Å². The lowest BCUT2D eigenvalue weighted by molar-refractivity contribution is -0.112. The fourth-order valence-electron chi connectivity index (χ4n) is 2.62. The molecule has 8 heteroatoms. The van der Waals surface area contributed by atoms with Crippen LogP contribution in [0.1, 0.15) is 11.1 Å². The van der Waals surface area contributed by atoms with E-state index in [4.69, 9.17) is 51.1 Å². The SMILES string of the molecule is N#C/C(=C/c1cc(Cl)c(OCc2ccc(Cl)c(Cl)c2)c(Cl)c1)C(=O)Nc1ccccc1. The fourth-order valence-corrected chi connectivity index (χ4v) is 3.55. The Bertz CT molecular complexity index is 1160. The number of nitrogens with zero attached hydrogens (tertiary/aromatic N) is 1. The molecule has 4 nitrogen and oxygen atoms in total. The number of hydrogen-bond acceptors (Lipinski definition) is 3. The van der Waals surface area contributed by atoms with Crippen molar-refractivity contribution in [3.8, 4) is 11.8 Å². The first-order chi connectivity index (χ1) is 14.9. The van der Waals surface area contributed by atoms with Gasteiger partial charge in [-0.25, -0.2) is 0 Å². The van der Waals surface area contributed by atoms with E-state index in [1.165, 1.54) is 6.08 Å². The summed E-state index contributed by atoms with van der Waals surface area (Å²) in [5.41, 5.74) is 1.75. The standard InChI is InChI=1S/C23H14Cl4N2O2/c24-18-7-6-14(9-19(18)25)13-31-22-20(26)10-15(11-21(22)27)8-16(12-28)23(30)29-17-4-2-1-3-5-17/h1-11H,13H2,(H,29,30)/b16-8-. The number of nitrogens with one attached hydrogen (secondary N) is 1. The maximum Gasteiger partial charge on any atom is 0.266 e. The van der Waals surface area contributed by atoms with Crippen LogP contribution >= 0.6 is 46.4 Å². The van der Waals surface area contributed by atoms with Gasteiger partial charge in [-0.15, -0.1) is 0 Å².